The third-order valence-corrected chi connectivity index (χ3v) is 5.55. The minimum absolute atomic E-state index is 0.583. The molecule has 1 aromatic heterocycles. The number of pyridine rings is 1. The largest absolute Gasteiger partial charge is 0.295 e. The number of aromatic nitrogens is 1. The molecule has 1 saturated carbocycles. The minimum Gasteiger partial charge on any atom is -0.295 e. The van der Waals surface area contributed by atoms with Gasteiger partial charge in [0.1, 0.15) is 0 Å². The molecule has 3 unspecified atom stereocenters. The van der Waals surface area contributed by atoms with Crippen LogP contribution < -0.4 is 0 Å². The summed E-state index contributed by atoms with van der Waals surface area (Å²) in [5.74, 6) is 3.47. The molecule has 102 valence electrons. The lowest BCUT2D eigenvalue weighted by atomic mass is 9.64. The van der Waals surface area contributed by atoms with Crippen LogP contribution in [0.3, 0.4) is 0 Å². The molecule has 0 N–H and O–H groups in total. The van der Waals surface area contributed by atoms with Crippen LogP contribution in [0.2, 0.25) is 0 Å². The van der Waals surface area contributed by atoms with Crippen molar-refractivity contribution in [1.29, 1.82) is 0 Å². The fourth-order valence-electron chi connectivity index (χ4n) is 4.87. The minimum atomic E-state index is 0.583. The van der Waals surface area contributed by atoms with Crippen LogP contribution in [0.4, 0.5) is 0 Å². The highest BCUT2D eigenvalue weighted by atomic mass is 15.2. The van der Waals surface area contributed by atoms with Crippen molar-refractivity contribution in [3.63, 3.8) is 0 Å². The molecule has 4 fully saturated rings. The summed E-state index contributed by atoms with van der Waals surface area (Å²) in [4.78, 5) is 7.27. The van der Waals surface area contributed by atoms with Crippen LogP contribution in [0.25, 0.3) is 0 Å². The van der Waals surface area contributed by atoms with Gasteiger partial charge in [-0.2, -0.15) is 0 Å². The van der Waals surface area contributed by atoms with E-state index in [-0.39, 0.29) is 0 Å². The summed E-state index contributed by atoms with van der Waals surface area (Å²) >= 11 is 0. The molecule has 5 rings (SSSR count). The average molecular weight is 256 g/mol. The molecule has 2 nitrogen and oxygen atoms in total. The first-order valence-electron chi connectivity index (χ1n) is 7.89. The Morgan fingerprint density at radius 3 is 2.47 bits per heavy atom. The van der Waals surface area contributed by atoms with E-state index in [2.05, 4.69) is 36.0 Å². The van der Waals surface area contributed by atoms with E-state index in [4.69, 9.17) is 0 Å². The van der Waals surface area contributed by atoms with Crippen molar-refractivity contribution >= 4 is 0 Å². The summed E-state index contributed by atoms with van der Waals surface area (Å²) < 4.78 is 0. The van der Waals surface area contributed by atoms with Gasteiger partial charge >= 0.3 is 0 Å². The van der Waals surface area contributed by atoms with Crippen molar-refractivity contribution in [3.05, 3.63) is 29.6 Å². The Hall–Kier alpha value is -0.890. The van der Waals surface area contributed by atoms with Crippen LogP contribution in [0.5, 0.6) is 0 Å². The van der Waals surface area contributed by atoms with E-state index in [1.165, 1.54) is 43.5 Å². The predicted octanol–water partition coefficient (Wildman–Crippen LogP) is 3.61. The molecule has 0 radical (unpaired) electrons. The molecule has 4 heterocycles. The van der Waals surface area contributed by atoms with Crippen molar-refractivity contribution in [1.82, 2.24) is 9.88 Å². The van der Waals surface area contributed by atoms with Crippen LogP contribution in [0.1, 0.15) is 56.2 Å². The zero-order valence-corrected chi connectivity index (χ0v) is 12.0. The molecule has 3 atom stereocenters. The van der Waals surface area contributed by atoms with Crippen molar-refractivity contribution in [2.24, 2.45) is 17.8 Å². The molecule has 3 aliphatic heterocycles. The lowest BCUT2D eigenvalue weighted by Crippen LogP contribution is -2.55. The molecule has 2 heteroatoms. The summed E-state index contributed by atoms with van der Waals surface area (Å²) in [6, 6.07) is 3.09. The highest BCUT2D eigenvalue weighted by Crippen LogP contribution is 2.52. The summed E-state index contributed by atoms with van der Waals surface area (Å²) in [7, 11) is 0. The topological polar surface area (TPSA) is 16.1 Å². The van der Waals surface area contributed by atoms with Gasteiger partial charge in [0.2, 0.25) is 0 Å². The van der Waals surface area contributed by atoms with Gasteiger partial charge in [-0.3, -0.25) is 9.88 Å². The standard InChI is InChI=1S/C17H24N2/c1-11(2)15-6-16(8-18-7-15)17-14-4-12-3-13(5-14)10-19(17)9-12/h6-8,11-14,17H,3-5,9-10H2,1-2H3. The van der Waals surface area contributed by atoms with E-state index in [1.54, 1.807) is 0 Å². The van der Waals surface area contributed by atoms with Crippen molar-refractivity contribution in [3.8, 4) is 0 Å². The SMILES string of the molecule is CC(C)c1cncc(C2C3CC4CC(C3)CN2C4)c1. The molecule has 3 saturated heterocycles. The maximum atomic E-state index is 4.51. The Balaban J connectivity index is 1.67. The molecular weight excluding hydrogens is 232 g/mol. The third kappa shape index (κ3) is 1.92. The molecule has 0 amide bonds. The van der Waals surface area contributed by atoms with E-state index in [1.807, 2.05) is 6.20 Å². The first-order valence-corrected chi connectivity index (χ1v) is 7.89. The molecular formula is C17H24N2. The number of rotatable bonds is 2. The quantitative estimate of drug-likeness (QED) is 0.803. The number of hydrogen-bond acceptors (Lipinski definition) is 2. The van der Waals surface area contributed by atoms with Crippen LogP contribution >= 0.6 is 0 Å². The first-order chi connectivity index (χ1) is 9.20. The normalized spacial score (nSPS) is 40.1. The van der Waals surface area contributed by atoms with Crippen LogP contribution in [0.15, 0.2) is 18.5 Å². The van der Waals surface area contributed by atoms with Gasteiger partial charge in [0, 0.05) is 31.5 Å². The molecule has 4 bridgehead atoms. The van der Waals surface area contributed by atoms with E-state index in [9.17, 15) is 0 Å². The van der Waals surface area contributed by atoms with E-state index < -0.39 is 0 Å². The summed E-state index contributed by atoms with van der Waals surface area (Å²) in [6.07, 6.45) is 8.59. The Morgan fingerprint density at radius 1 is 1.11 bits per heavy atom. The smallest absolute Gasteiger partial charge is 0.0392 e. The van der Waals surface area contributed by atoms with Crippen molar-refractivity contribution in [2.75, 3.05) is 13.1 Å². The van der Waals surface area contributed by atoms with Gasteiger partial charge in [-0.05, 0) is 54.1 Å². The Morgan fingerprint density at radius 2 is 1.84 bits per heavy atom. The van der Waals surface area contributed by atoms with Crippen LogP contribution in [-0.4, -0.2) is 23.0 Å². The number of nitrogens with zero attached hydrogens (tertiary/aromatic N) is 2. The fraction of sp³-hybridized carbons (Fsp3) is 0.706. The van der Waals surface area contributed by atoms with Crippen molar-refractivity contribution < 1.29 is 0 Å². The van der Waals surface area contributed by atoms with Gasteiger partial charge in [0.25, 0.3) is 0 Å². The zero-order chi connectivity index (χ0) is 13.0. The molecule has 4 aliphatic rings. The second-order valence-corrected chi connectivity index (χ2v) is 7.30. The fourth-order valence-corrected chi connectivity index (χ4v) is 4.87. The second kappa shape index (κ2) is 4.31. The summed E-state index contributed by atoms with van der Waals surface area (Å²) in [6.45, 7) is 7.20. The number of hydrogen-bond donors (Lipinski definition) is 0. The zero-order valence-electron chi connectivity index (χ0n) is 12.0. The van der Waals surface area contributed by atoms with Gasteiger partial charge in [-0.15, -0.1) is 0 Å². The predicted molar refractivity (Wildman–Crippen MR) is 77.0 cm³/mol. The van der Waals surface area contributed by atoms with Crippen molar-refractivity contribution in [2.45, 2.75) is 45.1 Å². The summed E-state index contributed by atoms with van der Waals surface area (Å²) in [5.41, 5.74) is 2.88. The van der Waals surface area contributed by atoms with Gasteiger partial charge in [0.15, 0.2) is 0 Å². The highest BCUT2D eigenvalue weighted by Gasteiger charge is 2.47. The monoisotopic (exact) mass is 256 g/mol. The molecule has 19 heavy (non-hydrogen) atoms. The van der Waals surface area contributed by atoms with Gasteiger partial charge < -0.3 is 0 Å². The van der Waals surface area contributed by atoms with E-state index in [0.29, 0.717) is 12.0 Å². The first kappa shape index (κ1) is 11.9. The maximum absolute atomic E-state index is 4.51. The van der Waals surface area contributed by atoms with E-state index >= 15 is 0 Å². The Bertz CT molecular complexity index is 452. The molecule has 1 aliphatic carbocycles. The summed E-state index contributed by atoms with van der Waals surface area (Å²) in [5, 5.41) is 0. The van der Waals surface area contributed by atoms with Crippen LogP contribution in [0, 0.1) is 17.8 Å². The highest BCUT2D eigenvalue weighted by molar-refractivity contribution is 5.26. The number of piperidine rings is 3. The molecule has 1 aromatic rings. The van der Waals surface area contributed by atoms with Gasteiger partial charge in [-0.1, -0.05) is 19.9 Å². The maximum Gasteiger partial charge on any atom is 0.0392 e. The lowest BCUT2D eigenvalue weighted by molar-refractivity contribution is -0.0663. The second-order valence-electron chi connectivity index (χ2n) is 7.30. The molecule has 0 aromatic carbocycles. The lowest BCUT2D eigenvalue weighted by Gasteiger charge is -2.56. The van der Waals surface area contributed by atoms with E-state index in [0.717, 1.165) is 17.8 Å². The van der Waals surface area contributed by atoms with Gasteiger partial charge in [-0.25, -0.2) is 0 Å². The third-order valence-electron chi connectivity index (χ3n) is 5.55. The average Bonchev–Trinajstić information content (AvgIpc) is 2.37. The van der Waals surface area contributed by atoms with Gasteiger partial charge in [0.05, 0.1) is 0 Å². The van der Waals surface area contributed by atoms with Crippen LogP contribution in [-0.2, 0) is 0 Å². The molecule has 0 spiro atoms. The Kier molecular flexibility index (Phi) is 2.70. The Labute approximate surface area is 116 Å².